The van der Waals surface area contributed by atoms with E-state index in [4.69, 9.17) is 17.3 Å². The first-order valence-electron chi connectivity index (χ1n) is 5.49. The SMILES string of the molecule is CC(C)NC(N)=NCCc1ccc(F)cc1Cl. The van der Waals surface area contributed by atoms with Crippen LogP contribution in [-0.2, 0) is 6.42 Å². The molecule has 1 rings (SSSR count). The van der Waals surface area contributed by atoms with Crippen LogP contribution in [0.1, 0.15) is 19.4 Å². The zero-order chi connectivity index (χ0) is 12.8. The summed E-state index contributed by atoms with van der Waals surface area (Å²) in [5.74, 6) is 0.0847. The van der Waals surface area contributed by atoms with Gasteiger partial charge in [0, 0.05) is 17.6 Å². The smallest absolute Gasteiger partial charge is 0.188 e. The number of hydrogen-bond donors (Lipinski definition) is 2. The van der Waals surface area contributed by atoms with Gasteiger partial charge in [-0.05, 0) is 38.0 Å². The van der Waals surface area contributed by atoms with Crippen molar-refractivity contribution in [2.45, 2.75) is 26.3 Å². The monoisotopic (exact) mass is 257 g/mol. The molecule has 3 N–H and O–H groups in total. The molecule has 0 bridgehead atoms. The Hall–Kier alpha value is -1.29. The molecule has 3 nitrogen and oxygen atoms in total. The number of aliphatic imine (C=N–C) groups is 1. The quantitative estimate of drug-likeness (QED) is 0.643. The van der Waals surface area contributed by atoms with E-state index in [1.165, 1.54) is 12.1 Å². The molecule has 0 heterocycles. The maximum atomic E-state index is 12.8. The average molecular weight is 258 g/mol. The molecule has 0 amide bonds. The van der Waals surface area contributed by atoms with E-state index in [2.05, 4.69) is 10.3 Å². The van der Waals surface area contributed by atoms with Crippen LogP contribution >= 0.6 is 11.6 Å². The van der Waals surface area contributed by atoms with Crippen LogP contribution in [0.5, 0.6) is 0 Å². The molecule has 1 aromatic rings. The van der Waals surface area contributed by atoms with E-state index >= 15 is 0 Å². The van der Waals surface area contributed by atoms with Crippen molar-refractivity contribution in [2.24, 2.45) is 10.7 Å². The Balaban J connectivity index is 2.50. The molecule has 0 aliphatic carbocycles. The predicted octanol–water partition coefficient (Wildman–Crippen LogP) is 2.33. The van der Waals surface area contributed by atoms with Crippen molar-refractivity contribution in [3.05, 3.63) is 34.6 Å². The molecule has 0 saturated heterocycles. The maximum Gasteiger partial charge on any atom is 0.188 e. The minimum atomic E-state index is -0.330. The fraction of sp³-hybridized carbons (Fsp3) is 0.417. The third-order valence-corrected chi connectivity index (χ3v) is 2.47. The summed E-state index contributed by atoms with van der Waals surface area (Å²) in [5.41, 5.74) is 6.52. The van der Waals surface area contributed by atoms with Crippen molar-refractivity contribution in [3.63, 3.8) is 0 Å². The molecule has 0 saturated carbocycles. The zero-order valence-corrected chi connectivity index (χ0v) is 10.8. The Bertz CT molecular complexity index is 405. The third kappa shape index (κ3) is 5.04. The first-order chi connectivity index (χ1) is 7.99. The second kappa shape index (κ2) is 6.45. The summed E-state index contributed by atoms with van der Waals surface area (Å²) < 4.78 is 12.8. The summed E-state index contributed by atoms with van der Waals surface area (Å²) in [6, 6.07) is 4.61. The van der Waals surface area contributed by atoms with E-state index < -0.39 is 0 Å². The lowest BCUT2D eigenvalue weighted by Gasteiger charge is -2.08. The van der Waals surface area contributed by atoms with Crippen LogP contribution in [0.4, 0.5) is 4.39 Å². The van der Waals surface area contributed by atoms with Crippen molar-refractivity contribution in [2.75, 3.05) is 6.54 Å². The number of nitrogens with zero attached hydrogens (tertiary/aromatic N) is 1. The predicted molar refractivity (Wildman–Crippen MR) is 69.9 cm³/mol. The second-order valence-corrected chi connectivity index (χ2v) is 4.46. The Morgan fingerprint density at radius 2 is 2.24 bits per heavy atom. The van der Waals surface area contributed by atoms with Gasteiger partial charge in [0.2, 0.25) is 0 Å². The lowest BCUT2D eigenvalue weighted by molar-refractivity contribution is 0.627. The molecule has 17 heavy (non-hydrogen) atoms. The largest absolute Gasteiger partial charge is 0.370 e. The van der Waals surface area contributed by atoms with Crippen LogP contribution in [-0.4, -0.2) is 18.5 Å². The van der Waals surface area contributed by atoms with E-state index in [1.54, 1.807) is 6.07 Å². The summed E-state index contributed by atoms with van der Waals surface area (Å²) in [5, 5.41) is 3.41. The van der Waals surface area contributed by atoms with Gasteiger partial charge in [-0.3, -0.25) is 4.99 Å². The molecule has 94 valence electrons. The number of halogens is 2. The molecule has 0 aliphatic rings. The Labute approximate surface area is 106 Å². The van der Waals surface area contributed by atoms with Crippen LogP contribution in [0.15, 0.2) is 23.2 Å². The Morgan fingerprint density at radius 3 is 2.82 bits per heavy atom. The summed E-state index contributed by atoms with van der Waals surface area (Å²) in [7, 11) is 0. The highest BCUT2D eigenvalue weighted by Crippen LogP contribution is 2.17. The first kappa shape index (κ1) is 13.8. The van der Waals surface area contributed by atoms with E-state index in [9.17, 15) is 4.39 Å². The summed E-state index contributed by atoms with van der Waals surface area (Å²) in [6.07, 6.45) is 0.638. The van der Waals surface area contributed by atoms with Crippen LogP contribution in [0, 0.1) is 5.82 Å². The molecule has 0 aliphatic heterocycles. The molecule has 0 aromatic heterocycles. The van der Waals surface area contributed by atoms with Gasteiger partial charge in [0.15, 0.2) is 5.96 Å². The highest BCUT2D eigenvalue weighted by atomic mass is 35.5. The van der Waals surface area contributed by atoms with Gasteiger partial charge in [-0.2, -0.15) is 0 Å². The second-order valence-electron chi connectivity index (χ2n) is 4.05. The number of nitrogens with two attached hydrogens (primary N) is 1. The fourth-order valence-corrected chi connectivity index (χ4v) is 1.62. The minimum absolute atomic E-state index is 0.258. The standard InChI is InChI=1S/C12H17ClFN3/c1-8(2)17-12(15)16-6-5-9-3-4-10(14)7-11(9)13/h3-4,7-8H,5-6H2,1-2H3,(H3,15,16,17). The topological polar surface area (TPSA) is 50.4 Å². The van der Waals surface area contributed by atoms with Gasteiger partial charge in [-0.15, -0.1) is 0 Å². The lowest BCUT2D eigenvalue weighted by atomic mass is 10.1. The van der Waals surface area contributed by atoms with Crippen molar-refractivity contribution in [3.8, 4) is 0 Å². The van der Waals surface area contributed by atoms with Crippen molar-refractivity contribution >= 4 is 17.6 Å². The number of nitrogens with one attached hydrogen (secondary N) is 1. The molecule has 0 atom stereocenters. The normalized spacial score (nSPS) is 11.9. The van der Waals surface area contributed by atoms with E-state index in [0.29, 0.717) is 23.9 Å². The Morgan fingerprint density at radius 1 is 1.53 bits per heavy atom. The molecule has 0 spiro atoms. The highest BCUT2D eigenvalue weighted by molar-refractivity contribution is 6.31. The maximum absolute atomic E-state index is 12.8. The summed E-state index contributed by atoms with van der Waals surface area (Å²) >= 11 is 5.89. The van der Waals surface area contributed by atoms with Gasteiger partial charge < -0.3 is 11.1 Å². The number of hydrogen-bond acceptors (Lipinski definition) is 1. The van der Waals surface area contributed by atoms with Crippen LogP contribution in [0.2, 0.25) is 5.02 Å². The highest BCUT2D eigenvalue weighted by Gasteiger charge is 2.01. The van der Waals surface area contributed by atoms with Gasteiger partial charge in [-0.1, -0.05) is 17.7 Å². The number of rotatable bonds is 4. The first-order valence-corrected chi connectivity index (χ1v) is 5.87. The van der Waals surface area contributed by atoms with Gasteiger partial charge in [0.1, 0.15) is 5.82 Å². The molecule has 0 radical (unpaired) electrons. The lowest BCUT2D eigenvalue weighted by Crippen LogP contribution is -2.36. The molecule has 1 aromatic carbocycles. The molecule has 0 fully saturated rings. The third-order valence-electron chi connectivity index (χ3n) is 2.11. The van der Waals surface area contributed by atoms with Crippen LogP contribution in [0.25, 0.3) is 0 Å². The number of guanidine groups is 1. The Kier molecular flexibility index (Phi) is 5.22. The van der Waals surface area contributed by atoms with E-state index in [0.717, 1.165) is 5.56 Å². The van der Waals surface area contributed by atoms with Crippen LogP contribution < -0.4 is 11.1 Å². The van der Waals surface area contributed by atoms with Gasteiger partial charge in [0.25, 0.3) is 0 Å². The number of benzene rings is 1. The van der Waals surface area contributed by atoms with Crippen molar-refractivity contribution in [1.82, 2.24) is 5.32 Å². The molecule has 0 unspecified atom stereocenters. The summed E-state index contributed by atoms with van der Waals surface area (Å²) in [6.45, 7) is 4.50. The van der Waals surface area contributed by atoms with Crippen LogP contribution in [0.3, 0.4) is 0 Å². The van der Waals surface area contributed by atoms with Gasteiger partial charge in [0.05, 0.1) is 0 Å². The van der Waals surface area contributed by atoms with E-state index in [1.807, 2.05) is 13.8 Å². The van der Waals surface area contributed by atoms with Crippen molar-refractivity contribution < 1.29 is 4.39 Å². The van der Waals surface area contributed by atoms with Gasteiger partial charge in [-0.25, -0.2) is 4.39 Å². The van der Waals surface area contributed by atoms with Crippen molar-refractivity contribution in [1.29, 1.82) is 0 Å². The summed E-state index contributed by atoms with van der Waals surface area (Å²) in [4.78, 5) is 4.15. The zero-order valence-electron chi connectivity index (χ0n) is 10.0. The minimum Gasteiger partial charge on any atom is -0.370 e. The van der Waals surface area contributed by atoms with E-state index in [-0.39, 0.29) is 11.9 Å². The molecular formula is C12H17ClFN3. The molecule has 5 heteroatoms. The van der Waals surface area contributed by atoms with Gasteiger partial charge >= 0.3 is 0 Å². The fourth-order valence-electron chi connectivity index (χ4n) is 1.36. The molecular weight excluding hydrogens is 241 g/mol. The average Bonchev–Trinajstić information content (AvgIpc) is 2.20.